The number of para-hydroxylation sites is 2. The Morgan fingerprint density at radius 3 is 2.46 bits per heavy atom. The summed E-state index contributed by atoms with van der Waals surface area (Å²) in [4.78, 5) is 34.4. The van der Waals surface area contributed by atoms with E-state index >= 15 is 0 Å². The van der Waals surface area contributed by atoms with Crippen LogP contribution in [0.4, 0.5) is 11.4 Å². The molecule has 180 valence electrons. The molecule has 0 saturated heterocycles. The lowest BCUT2D eigenvalue weighted by Gasteiger charge is -2.38. The van der Waals surface area contributed by atoms with Crippen molar-refractivity contribution in [3.05, 3.63) is 76.1 Å². The molecule has 1 amide bonds. The molecule has 7 nitrogen and oxygen atoms in total. The molecule has 2 heterocycles. The molecule has 1 aromatic heterocycles. The molecule has 0 atom stereocenters. The second-order valence-corrected chi connectivity index (χ2v) is 9.29. The first-order valence-corrected chi connectivity index (χ1v) is 12.0. The molecular weight excluding hydrogens is 466 g/mol. The average molecular weight is 492 g/mol. The molecule has 1 aliphatic heterocycles. The molecule has 0 spiro atoms. The van der Waals surface area contributed by atoms with E-state index < -0.39 is 5.97 Å². The van der Waals surface area contributed by atoms with Gasteiger partial charge in [0.05, 0.1) is 29.1 Å². The lowest BCUT2D eigenvalue weighted by atomic mass is 10.1. The van der Waals surface area contributed by atoms with E-state index in [0.717, 1.165) is 17.9 Å². The fourth-order valence-corrected chi connectivity index (χ4v) is 4.67. The summed E-state index contributed by atoms with van der Waals surface area (Å²) < 4.78 is 11.0. The predicted octanol–water partition coefficient (Wildman–Crippen LogP) is 5.56. The van der Waals surface area contributed by atoms with E-state index in [1.165, 1.54) is 20.0 Å². The Morgan fingerprint density at radius 1 is 1.00 bits per heavy atom. The first-order valence-electron chi connectivity index (χ1n) is 11.6. The molecule has 2 aliphatic rings. The highest BCUT2D eigenvalue weighted by molar-refractivity contribution is 6.33. The minimum absolute atomic E-state index is 0.176. The topological polar surface area (TPSA) is 72.0 Å². The number of hydrogen-bond donors (Lipinski definition) is 0. The number of aryl methyl sites for hydroxylation is 2. The van der Waals surface area contributed by atoms with Crippen LogP contribution < -0.4 is 14.5 Å². The van der Waals surface area contributed by atoms with Gasteiger partial charge in [-0.2, -0.15) is 0 Å². The second-order valence-electron chi connectivity index (χ2n) is 8.88. The standard InChI is InChI=1S/C27H26ClN3O4/c1-16-12-19(27(33)34-3)21(28)14-24(16)35-25-13-17(2)29-15-20(25)26(32)31-11-10-30(18-8-9-18)22-6-4-5-7-23(22)31/h4-7,12-15,18H,8-11H2,1-3H3. The number of nitrogens with zero attached hydrogens (tertiary/aromatic N) is 3. The van der Waals surface area contributed by atoms with Gasteiger partial charge in [-0.05, 0) is 50.5 Å². The van der Waals surface area contributed by atoms with Crippen LogP contribution in [-0.4, -0.2) is 43.1 Å². The maximum Gasteiger partial charge on any atom is 0.339 e. The zero-order valence-corrected chi connectivity index (χ0v) is 20.6. The van der Waals surface area contributed by atoms with Gasteiger partial charge >= 0.3 is 5.97 Å². The van der Waals surface area contributed by atoms with Crippen molar-refractivity contribution in [3.63, 3.8) is 0 Å². The molecule has 8 heteroatoms. The van der Waals surface area contributed by atoms with Crippen LogP contribution in [0.5, 0.6) is 11.5 Å². The number of rotatable bonds is 5. The zero-order valence-electron chi connectivity index (χ0n) is 19.9. The lowest BCUT2D eigenvalue weighted by Crippen LogP contribution is -2.45. The predicted molar refractivity (Wildman–Crippen MR) is 135 cm³/mol. The number of carbonyl (C=O) groups excluding carboxylic acids is 2. The normalized spacial score (nSPS) is 15.0. The molecule has 0 radical (unpaired) electrons. The molecule has 0 bridgehead atoms. The summed E-state index contributed by atoms with van der Waals surface area (Å²) in [5, 5.41) is 0.209. The number of halogens is 1. The highest BCUT2D eigenvalue weighted by Gasteiger charge is 2.36. The number of ether oxygens (including phenoxy) is 2. The third-order valence-corrected chi connectivity index (χ3v) is 6.71. The van der Waals surface area contributed by atoms with Crippen molar-refractivity contribution in [1.82, 2.24) is 4.98 Å². The smallest absolute Gasteiger partial charge is 0.339 e. The molecular formula is C27H26ClN3O4. The van der Waals surface area contributed by atoms with Gasteiger partial charge in [0.25, 0.3) is 5.91 Å². The number of amides is 1. The first-order chi connectivity index (χ1) is 16.9. The molecule has 0 unspecified atom stereocenters. The van der Waals surface area contributed by atoms with Gasteiger partial charge in [-0.25, -0.2) is 4.79 Å². The Kier molecular flexibility index (Phi) is 6.11. The van der Waals surface area contributed by atoms with Gasteiger partial charge in [-0.1, -0.05) is 23.7 Å². The van der Waals surface area contributed by atoms with Crippen molar-refractivity contribution in [1.29, 1.82) is 0 Å². The highest BCUT2D eigenvalue weighted by Crippen LogP contribution is 2.41. The molecule has 35 heavy (non-hydrogen) atoms. The quantitative estimate of drug-likeness (QED) is 0.435. The van der Waals surface area contributed by atoms with Crippen LogP contribution in [0.15, 0.2) is 48.7 Å². The number of fused-ring (bicyclic) bond motifs is 1. The van der Waals surface area contributed by atoms with Crippen molar-refractivity contribution in [2.75, 3.05) is 30.0 Å². The summed E-state index contributed by atoms with van der Waals surface area (Å²) in [5.41, 5.74) is 3.99. The third-order valence-electron chi connectivity index (χ3n) is 6.40. The van der Waals surface area contributed by atoms with E-state index in [9.17, 15) is 9.59 Å². The van der Waals surface area contributed by atoms with Crippen molar-refractivity contribution >= 4 is 34.9 Å². The van der Waals surface area contributed by atoms with E-state index in [1.807, 2.05) is 25.1 Å². The van der Waals surface area contributed by atoms with Crippen LogP contribution in [0.3, 0.4) is 0 Å². The van der Waals surface area contributed by atoms with Gasteiger partial charge < -0.3 is 19.3 Å². The van der Waals surface area contributed by atoms with Gasteiger partial charge in [0.1, 0.15) is 17.1 Å². The van der Waals surface area contributed by atoms with Gasteiger partial charge in [-0.15, -0.1) is 0 Å². The first kappa shape index (κ1) is 23.2. The molecule has 1 fully saturated rings. The number of hydrogen-bond acceptors (Lipinski definition) is 6. The summed E-state index contributed by atoms with van der Waals surface area (Å²) >= 11 is 6.32. The van der Waals surface area contributed by atoms with E-state index in [1.54, 1.807) is 36.2 Å². The van der Waals surface area contributed by atoms with Crippen molar-refractivity contribution < 1.29 is 19.1 Å². The third kappa shape index (κ3) is 4.44. The lowest BCUT2D eigenvalue weighted by molar-refractivity contribution is 0.0600. The fourth-order valence-electron chi connectivity index (χ4n) is 4.44. The zero-order chi connectivity index (χ0) is 24.7. The average Bonchev–Trinajstić information content (AvgIpc) is 3.70. The van der Waals surface area contributed by atoms with Crippen LogP contribution in [-0.2, 0) is 4.74 Å². The Bertz CT molecular complexity index is 1320. The highest BCUT2D eigenvalue weighted by atomic mass is 35.5. The number of carbonyl (C=O) groups is 2. The Labute approximate surface area is 209 Å². The largest absolute Gasteiger partial charge is 0.465 e. The molecule has 3 aromatic rings. The summed E-state index contributed by atoms with van der Waals surface area (Å²) in [6.07, 6.45) is 3.94. The number of pyridine rings is 1. The number of esters is 1. The maximum atomic E-state index is 13.8. The van der Waals surface area contributed by atoms with Crippen LogP contribution in [0.1, 0.15) is 44.8 Å². The SMILES string of the molecule is COC(=O)c1cc(C)c(Oc2cc(C)ncc2C(=O)N2CCN(C3CC3)c3ccccc32)cc1Cl. The van der Waals surface area contributed by atoms with E-state index in [-0.39, 0.29) is 16.5 Å². The minimum Gasteiger partial charge on any atom is -0.465 e. The summed E-state index contributed by atoms with van der Waals surface area (Å²) in [6, 6.07) is 13.5. The number of methoxy groups -OCH3 is 1. The van der Waals surface area contributed by atoms with Crippen molar-refractivity contribution in [2.24, 2.45) is 0 Å². The van der Waals surface area contributed by atoms with E-state index in [4.69, 9.17) is 21.1 Å². The van der Waals surface area contributed by atoms with Crippen LogP contribution in [0, 0.1) is 13.8 Å². The monoisotopic (exact) mass is 491 g/mol. The fraction of sp³-hybridized carbons (Fsp3) is 0.296. The van der Waals surface area contributed by atoms with E-state index in [0.29, 0.717) is 40.9 Å². The number of benzene rings is 2. The molecule has 5 rings (SSSR count). The molecule has 2 aromatic carbocycles. The van der Waals surface area contributed by atoms with Crippen molar-refractivity contribution in [2.45, 2.75) is 32.7 Å². The molecule has 1 saturated carbocycles. The molecule has 0 N–H and O–H groups in total. The molecule has 1 aliphatic carbocycles. The van der Waals surface area contributed by atoms with Crippen molar-refractivity contribution in [3.8, 4) is 11.5 Å². The van der Waals surface area contributed by atoms with Crippen LogP contribution in [0.25, 0.3) is 0 Å². The van der Waals surface area contributed by atoms with Gasteiger partial charge in [0.15, 0.2) is 0 Å². The summed E-state index contributed by atoms with van der Waals surface area (Å²) in [7, 11) is 1.30. The Morgan fingerprint density at radius 2 is 1.74 bits per heavy atom. The number of aromatic nitrogens is 1. The summed E-state index contributed by atoms with van der Waals surface area (Å²) in [5.74, 6) is 0.130. The van der Waals surface area contributed by atoms with Crippen LogP contribution in [0.2, 0.25) is 5.02 Å². The second kappa shape index (κ2) is 9.23. The van der Waals surface area contributed by atoms with E-state index in [2.05, 4.69) is 16.0 Å². The van der Waals surface area contributed by atoms with Gasteiger partial charge in [0.2, 0.25) is 0 Å². The minimum atomic E-state index is -0.524. The Hall–Kier alpha value is -3.58. The van der Waals surface area contributed by atoms with Gasteiger partial charge in [-0.3, -0.25) is 9.78 Å². The Balaban J connectivity index is 1.49. The maximum absolute atomic E-state index is 13.8. The summed E-state index contributed by atoms with van der Waals surface area (Å²) in [6.45, 7) is 5.01. The van der Waals surface area contributed by atoms with Crippen LogP contribution >= 0.6 is 11.6 Å². The van der Waals surface area contributed by atoms with Gasteiger partial charge in [0, 0.05) is 43.2 Å². The number of anilines is 2.